The molecule has 0 aliphatic carbocycles. The van der Waals surface area contributed by atoms with Gasteiger partial charge in [0.1, 0.15) is 6.61 Å². The zero-order chi connectivity index (χ0) is 33.6. The van der Waals surface area contributed by atoms with Gasteiger partial charge in [0, 0.05) is 12.8 Å². The molecule has 0 aromatic carbocycles. The van der Waals surface area contributed by atoms with Crippen LogP contribution >= 0.6 is 0 Å². The largest absolute Gasteiger partial charge is 0.462 e. The van der Waals surface area contributed by atoms with Gasteiger partial charge in [-0.05, 0) is 51.4 Å². The molecule has 0 unspecified atom stereocenters. The summed E-state index contributed by atoms with van der Waals surface area (Å²) in [5.74, 6) is -0.611. The van der Waals surface area contributed by atoms with E-state index in [1.54, 1.807) is 0 Å². The predicted octanol–water partition coefficient (Wildman–Crippen LogP) is 12.1. The normalized spacial score (nSPS) is 12.5. The highest BCUT2D eigenvalue weighted by molar-refractivity contribution is 5.70. The molecule has 1 N–H and O–H groups in total. The lowest BCUT2D eigenvalue weighted by Gasteiger charge is -2.15. The van der Waals surface area contributed by atoms with E-state index in [9.17, 15) is 14.7 Å². The second-order valence-corrected chi connectivity index (χ2v) is 13.0. The standard InChI is InChI=1S/C41H74O5/c1-3-5-7-9-11-13-15-17-19-20-22-23-25-27-29-31-33-35-40(43)45-38-39(37-42)46-41(44)36-34-32-30-28-26-24-21-18-16-14-12-10-8-6-4-2/h11,13,17,19,22-23,39,42H,3-10,12,14-16,18,20-21,24-38H2,1-2H3/b13-11-,19-17-,23-22-/t39-/m0/s1. The number of ether oxygens (including phenoxy) is 2. The fraction of sp³-hybridized carbons (Fsp3) is 0.805. The van der Waals surface area contributed by atoms with Crippen molar-refractivity contribution in [2.75, 3.05) is 13.2 Å². The van der Waals surface area contributed by atoms with E-state index in [1.807, 2.05) is 0 Å². The molecule has 0 amide bonds. The number of hydrogen-bond donors (Lipinski definition) is 1. The number of esters is 2. The van der Waals surface area contributed by atoms with Crippen LogP contribution in [0.1, 0.15) is 194 Å². The lowest BCUT2D eigenvalue weighted by Crippen LogP contribution is -2.28. The number of rotatable bonds is 35. The van der Waals surface area contributed by atoms with E-state index < -0.39 is 6.10 Å². The second kappa shape index (κ2) is 37.6. The van der Waals surface area contributed by atoms with Crippen molar-refractivity contribution in [3.8, 4) is 0 Å². The molecule has 0 saturated heterocycles. The summed E-state index contributed by atoms with van der Waals surface area (Å²) >= 11 is 0. The molecular weight excluding hydrogens is 572 g/mol. The molecule has 5 nitrogen and oxygen atoms in total. The summed E-state index contributed by atoms with van der Waals surface area (Å²) < 4.78 is 10.6. The SMILES string of the molecule is CCCCC/C=C\C/C=C\C/C=C\CCCCCCC(=O)OC[C@H](CO)OC(=O)CCCCCCCCCCCCCCCCC. The van der Waals surface area contributed by atoms with Crippen molar-refractivity contribution in [2.24, 2.45) is 0 Å². The fourth-order valence-corrected chi connectivity index (χ4v) is 5.44. The minimum Gasteiger partial charge on any atom is -0.462 e. The Bertz CT molecular complexity index is 741. The zero-order valence-electron chi connectivity index (χ0n) is 30.3. The molecule has 0 aliphatic heterocycles. The summed E-state index contributed by atoms with van der Waals surface area (Å²) in [6.45, 7) is 4.09. The van der Waals surface area contributed by atoms with Crippen molar-refractivity contribution in [3.05, 3.63) is 36.5 Å². The van der Waals surface area contributed by atoms with Crippen molar-refractivity contribution in [2.45, 2.75) is 200 Å². The Labute approximate surface area is 285 Å². The summed E-state index contributed by atoms with van der Waals surface area (Å²) in [6, 6.07) is 0. The van der Waals surface area contributed by atoms with Crippen LogP contribution in [0.25, 0.3) is 0 Å². The Balaban J connectivity index is 3.59. The number of aliphatic hydroxyl groups excluding tert-OH is 1. The molecule has 0 spiro atoms. The third-order valence-corrected chi connectivity index (χ3v) is 8.44. The van der Waals surface area contributed by atoms with Gasteiger partial charge in [0.2, 0.25) is 0 Å². The quantitative estimate of drug-likeness (QED) is 0.0421. The molecule has 0 saturated carbocycles. The third kappa shape index (κ3) is 35.0. The molecule has 1 atom stereocenters. The van der Waals surface area contributed by atoms with Crippen molar-refractivity contribution in [1.29, 1.82) is 0 Å². The maximum absolute atomic E-state index is 12.2. The first kappa shape index (κ1) is 44.1. The predicted molar refractivity (Wildman–Crippen MR) is 196 cm³/mol. The van der Waals surface area contributed by atoms with Crippen molar-refractivity contribution < 1.29 is 24.2 Å². The number of unbranched alkanes of at least 4 members (excludes halogenated alkanes) is 21. The minimum absolute atomic E-state index is 0.0750. The smallest absolute Gasteiger partial charge is 0.306 e. The number of carbonyl (C=O) groups is 2. The van der Waals surface area contributed by atoms with Crippen molar-refractivity contribution in [3.63, 3.8) is 0 Å². The monoisotopic (exact) mass is 647 g/mol. The summed E-state index contributed by atoms with van der Waals surface area (Å²) in [6.07, 6.45) is 44.8. The Kier molecular flexibility index (Phi) is 36.0. The molecule has 0 bridgehead atoms. The molecule has 268 valence electrons. The Hall–Kier alpha value is -1.88. The molecular formula is C41H74O5. The minimum atomic E-state index is -0.776. The highest BCUT2D eigenvalue weighted by Gasteiger charge is 2.16. The lowest BCUT2D eigenvalue weighted by atomic mass is 10.0. The van der Waals surface area contributed by atoms with E-state index in [0.29, 0.717) is 12.8 Å². The Morgan fingerprint density at radius 2 is 0.870 bits per heavy atom. The molecule has 0 radical (unpaired) electrons. The van der Waals surface area contributed by atoms with E-state index >= 15 is 0 Å². The Morgan fingerprint density at radius 1 is 0.500 bits per heavy atom. The first-order valence-electron chi connectivity index (χ1n) is 19.5. The van der Waals surface area contributed by atoms with Crippen LogP contribution in [0.15, 0.2) is 36.5 Å². The lowest BCUT2D eigenvalue weighted by molar-refractivity contribution is -0.161. The molecule has 0 fully saturated rings. The molecule has 0 aromatic heterocycles. The average Bonchev–Trinajstić information content (AvgIpc) is 3.06. The van der Waals surface area contributed by atoms with Crippen LogP contribution in [0.5, 0.6) is 0 Å². The number of allylic oxidation sites excluding steroid dienone is 6. The summed E-state index contributed by atoms with van der Waals surface area (Å²) in [4.78, 5) is 24.2. The van der Waals surface area contributed by atoms with Crippen LogP contribution in [0.2, 0.25) is 0 Å². The number of hydrogen-bond acceptors (Lipinski definition) is 5. The molecule has 46 heavy (non-hydrogen) atoms. The van der Waals surface area contributed by atoms with E-state index in [4.69, 9.17) is 9.47 Å². The maximum Gasteiger partial charge on any atom is 0.306 e. The van der Waals surface area contributed by atoms with Gasteiger partial charge in [-0.2, -0.15) is 0 Å². The molecule has 0 aliphatic rings. The Morgan fingerprint density at radius 3 is 1.35 bits per heavy atom. The first-order chi connectivity index (χ1) is 22.6. The van der Waals surface area contributed by atoms with Crippen LogP contribution < -0.4 is 0 Å². The van der Waals surface area contributed by atoms with Gasteiger partial charge in [-0.3, -0.25) is 9.59 Å². The van der Waals surface area contributed by atoms with E-state index in [-0.39, 0.29) is 25.2 Å². The summed E-state index contributed by atoms with van der Waals surface area (Å²) in [7, 11) is 0. The first-order valence-corrected chi connectivity index (χ1v) is 19.5. The fourth-order valence-electron chi connectivity index (χ4n) is 5.44. The van der Waals surface area contributed by atoms with Crippen LogP contribution in [0.4, 0.5) is 0 Å². The van der Waals surface area contributed by atoms with E-state index in [1.165, 1.54) is 103 Å². The van der Waals surface area contributed by atoms with Gasteiger partial charge in [0.15, 0.2) is 6.10 Å². The van der Waals surface area contributed by atoms with Crippen LogP contribution in [0.3, 0.4) is 0 Å². The average molecular weight is 647 g/mol. The van der Waals surface area contributed by atoms with Crippen LogP contribution in [0, 0.1) is 0 Å². The molecule has 0 aromatic rings. The summed E-state index contributed by atoms with van der Waals surface area (Å²) in [5, 5.41) is 9.54. The number of carbonyl (C=O) groups excluding carboxylic acids is 2. The highest BCUT2D eigenvalue weighted by Crippen LogP contribution is 2.14. The van der Waals surface area contributed by atoms with Gasteiger partial charge < -0.3 is 14.6 Å². The van der Waals surface area contributed by atoms with Gasteiger partial charge in [-0.25, -0.2) is 0 Å². The van der Waals surface area contributed by atoms with Crippen molar-refractivity contribution in [1.82, 2.24) is 0 Å². The molecule has 0 heterocycles. The third-order valence-electron chi connectivity index (χ3n) is 8.44. The van der Waals surface area contributed by atoms with Gasteiger partial charge in [-0.1, -0.05) is 166 Å². The molecule has 5 heteroatoms. The molecule has 0 rings (SSSR count). The topological polar surface area (TPSA) is 72.8 Å². The second-order valence-electron chi connectivity index (χ2n) is 13.0. The van der Waals surface area contributed by atoms with E-state index in [0.717, 1.165) is 64.2 Å². The zero-order valence-corrected chi connectivity index (χ0v) is 30.3. The highest BCUT2D eigenvalue weighted by atomic mass is 16.6. The van der Waals surface area contributed by atoms with Gasteiger partial charge >= 0.3 is 11.9 Å². The van der Waals surface area contributed by atoms with E-state index in [2.05, 4.69) is 50.3 Å². The van der Waals surface area contributed by atoms with Crippen LogP contribution in [-0.4, -0.2) is 36.4 Å². The van der Waals surface area contributed by atoms with Gasteiger partial charge in [0.25, 0.3) is 0 Å². The van der Waals surface area contributed by atoms with Gasteiger partial charge in [0.05, 0.1) is 6.61 Å². The summed E-state index contributed by atoms with van der Waals surface area (Å²) in [5.41, 5.74) is 0. The maximum atomic E-state index is 12.2. The number of aliphatic hydroxyl groups is 1. The van der Waals surface area contributed by atoms with Crippen molar-refractivity contribution >= 4 is 11.9 Å². The van der Waals surface area contributed by atoms with Crippen LogP contribution in [-0.2, 0) is 19.1 Å². The van der Waals surface area contributed by atoms with Gasteiger partial charge in [-0.15, -0.1) is 0 Å².